The highest BCUT2D eigenvalue weighted by Crippen LogP contribution is 2.21. The quantitative estimate of drug-likeness (QED) is 0.786. The minimum absolute atomic E-state index is 0.159. The van der Waals surface area contributed by atoms with Crippen LogP contribution in [0.25, 0.3) is 0 Å². The van der Waals surface area contributed by atoms with Gasteiger partial charge >= 0.3 is 0 Å². The number of amides is 1. The number of para-hydroxylation sites is 1. The molecule has 0 unspecified atom stereocenters. The molecule has 0 aliphatic heterocycles. The van der Waals surface area contributed by atoms with Crippen molar-refractivity contribution in [3.05, 3.63) is 99.4 Å². The number of carbonyl (C=O) groups is 1. The molecule has 0 aliphatic carbocycles. The molecule has 0 fully saturated rings. The minimum Gasteiger partial charge on any atom is -0.321 e. The summed E-state index contributed by atoms with van der Waals surface area (Å²) in [6.45, 7) is 0.410. The van der Waals surface area contributed by atoms with Gasteiger partial charge in [0.05, 0.1) is 22.8 Å². The molecule has 0 bridgehead atoms. The molecule has 0 aliphatic rings. The summed E-state index contributed by atoms with van der Waals surface area (Å²) in [6, 6.07) is 19.5. The van der Waals surface area contributed by atoms with Crippen molar-refractivity contribution >= 4 is 23.2 Å². The summed E-state index contributed by atoms with van der Waals surface area (Å²) in [5.41, 5.74) is 1.76. The normalized spacial score (nSPS) is 10.4. The Kier molecular flexibility index (Phi) is 4.77. The molecule has 2 aromatic carbocycles. The Morgan fingerprint density at radius 1 is 0.958 bits per heavy atom. The first-order chi connectivity index (χ1) is 11.6. The van der Waals surface area contributed by atoms with E-state index in [2.05, 4.69) is 5.32 Å². The Balaban J connectivity index is 1.84. The number of rotatable bonds is 4. The zero-order valence-electron chi connectivity index (χ0n) is 12.8. The zero-order chi connectivity index (χ0) is 16.9. The van der Waals surface area contributed by atoms with E-state index < -0.39 is 0 Å². The van der Waals surface area contributed by atoms with Gasteiger partial charge in [0.1, 0.15) is 0 Å². The third-order valence-electron chi connectivity index (χ3n) is 3.56. The van der Waals surface area contributed by atoms with Crippen LogP contribution in [-0.4, -0.2) is 10.5 Å². The highest BCUT2D eigenvalue weighted by atomic mass is 35.5. The molecule has 1 N–H and O–H groups in total. The molecule has 4 nitrogen and oxygen atoms in total. The molecular weight excluding hydrogens is 324 g/mol. The van der Waals surface area contributed by atoms with Crippen LogP contribution in [0.2, 0.25) is 5.02 Å². The van der Waals surface area contributed by atoms with Crippen LogP contribution in [0.4, 0.5) is 5.69 Å². The molecule has 0 saturated heterocycles. The molecular formula is C19H15ClN2O2. The van der Waals surface area contributed by atoms with Crippen molar-refractivity contribution in [2.45, 2.75) is 6.54 Å². The lowest BCUT2D eigenvalue weighted by Crippen LogP contribution is -2.22. The maximum absolute atomic E-state index is 12.4. The SMILES string of the molecule is O=C(Nc1ccccc1Cl)c1ccc(=O)n(Cc2ccccc2)c1. The first-order valence-corrected chi connectivity index (χ1v) is 7.81. The van der Waals surface area contributed by atoms with Gasteiger partial charge in [-0.25, -0.2) is 0 Å². The fraction of sp³-hybridized carbons (Fsp3) is 0.0526. The van der Waals surface area contributed by atoms with Gasteiger partial charge in [-0.3, -0.25) is 9.59 Å². The third-order valence-corrected chi connectivity index (χ3v) is 3.89. The number of halogens is 1. The molecule has 3 rings (SSSR count). The van der Waals surface area contributed by atoms with Crippen molar-refractivity contribution in [3.8, 4) is 0 Å². The predicted octanol–water partition coefficient (Wildman–Crippen LogP) is 3.80. The highest BCUT2D eigenvalue weighted by Gasteiger charge is 2.10. The lowest BCUT2D eigenvalue weighted by Gasteiger charge is -2.10. The molecule has 1 aromatic heterocycles. The lowest BCUT2D eigenvalue weighted by molar-refractivity contribution is 0.102. The Hall–Kier alpha value is -2.85. The fourth-order valence-corrected chi connectivity index (χ4v) is 2.51. The van der Waals surface area contributed by atoms with Crippen molar-refractivity contribution in [1.82, 2.24) is 4.57 Å². The van der Waals surface area contributed by atoms with E-state index in [-0.39, 0.29) is 11.5 Å². The summed E-state index contributed by atoms with van der Waals surface area (Å²) in [4.78, 5) is 24.4. The smallest absolute Gasteiger partial charge is 0.257 e. The zero-order valence-corrected chi connectivity index (χ0v) is 13.5. The molecule has 120 valence electrons. The summed E-state index contributed by atoms with van der Waals surface area (Å²) in [7, 11) is 0. The summed E-state index contributed by atoms with van der Waals surface area (Å²) in [6.07, 6.45) is 1.56. The predicted molar refractivity (Wildman–Crippen MR) is 95.7 cm³/mol. The number of hydrogen-bond acceptors (Lipinski definition) is 2. The number of nitrogens with zero attached hydrogens (tertiary/aromatic N) is 1. The first kappa shape index (κ1) is 16.0. The number of carbonyl (C=O) groups excluding carboxylic acids is 1. The lowest BCUT2D eigenvalue weighted by atomic mass is 10.2. The van der Waals surface area contributed by atoms with E-state index in [0.717, 1.165) is 5.56 Å². The van der Waals surface area contributed by atoms with E-state index in [9.17, 15) is 9.59 Å². The van der Waals surface area contributed by atoms with Gasteiger partial charge in [-0.1, -0.05) is 54.1 Å². The second kappa shape index (κ2) is 7.15. The fourth-order valence-electron chi connectivity index (χ4n) is 2.33. The average molecular weight is 339 g/mol. The first-order valence-electron chi connectivity index (χ1n) is 7.44. The molecule has 1 amide bonds. The average Bonchev–Trinajstić information content (AvgIpc) is 2.60. The standard InChI is InChI=1S/C19H15ClN2O2/c20-16-8-4-5-9-17(16)21-19(24)15-10-11-18(23)22(13-15)12-14-6-2-1-3-7-14/h1-11,13H,12H2,(H,21,24). The van der Waals surface area contributed by atoms with Crippen molar-refractivity contribution in [1.29, 1.82) is 0 Å². The van der Waals surface area contributed by atoms with Gasteiger partial charge in [-0.2, -0.15) is 0 Å². The molecule has 1 heterocycles. The largest absolute Gasteiger partial charge is 0.321 e. The maximum atomic E-state index is 12.4. The van der Waals surface area contributed by atoms with E-state index in [1.165, 1.54) is 16.7 Å². The Labute approximate surface area is 144 Å². The number of hydrogen-bond donors (Lipinski definition) is 1. The molecule has 0 saturated carbocycles. The second-order valence-corrected chi connectivity index (χ2v) is 5.71. The summed E-state index contributed by atoms with van der Waals surface area (Å²) >= 11 is 6.05. The van der Waals surface area contributed by atoms with E-state index in [4.69, 9.17) is 11.6 Å². The van der Waals surface area contributed by atoms with Crippen molar-refractivity contribution < 1.29 is 4.79 Å². The van der Waals surface area contributed by atoms with Crippen molar-refractivity contribution in [2.75, 3.05) is 5.32 Å². The Morgan fingerprint density at radius 3 is 2.42 bits per heavy atom. The molecule has 5 heteroatoms. The van der Waals surface area contributed by atoms with Gasteiger partial charge in [-0.05, 0) is 23.8 Å². The number of aromatic nitrogens is 1. The third kappa shape index (κ3) is 3.73. The number of anilines is 1. The van der Waals surface area contributed by atoms with Crippen molar-refractivity contribution in [3.63, 3.8) is 0 Å². The number of benzene rings is 2. The molecule has 0 radical (unpaired) electrons. The Morgan fingerprint density at radius 2 is 1.67 bits per heavy atom. The maximum Gasteiger partial charge on any atom is 0.257 e. The van der Waals surface area contributed by atoms with Crippen LogP contribution in [0.15, 0.2) is 77.7 Å². The molecule has 24 heavy (non-hydrogen) atoms. The van der Waals surface area contributed by atoms with Gasteiger partial charge in [0.25, 0.3) is 11.5 Å². The van der Waals surface area contributed by atoms with E-state index in [1.54, 1.807) is 30.5 Å². The second-order valence-electron chi connectivity index (χ2n) is 5.30. The summed E-state index contributed by atoms with van der Waals surface area (Å²) < 4.78 is 1.51. The number of pyridine rings is 1. The van der Waals surface area contributed by atoms with Crippen LogP contribution in [0.3, 0.4) is 0 Å². The van der Waals surface area contributed by atoms with Gasteiger partial charge in [0.15, 0.2) is 0 Å². The van der Waals surface area contributed by atoms with Crippen LogP contribution in [-0.2, 0) is 6.54 Å². The van der Waals surface area contributed by atoms with Crippen LogP contribution in [0, 0.1) is 0 Å². The van der Waals surface area contributed by atoms with Gasteiger partial charge in [0, 0.05) is 12.3 Å². The molecule has 3 aromatic rings. The van der Waals surface area contributed by atoms with Crippen LogP contribution < -0.4 is 10.9 Å². The number of nitrogens with one attached hydrogen (secondary N) is 1. The van der Waals surface area contributed by atoms with Gasteiger partial charge in [0.2, 0.25) is 0 Å². The van der Waals surface area contributed by atoms with Gasteiger partial charge < -0.3 is 9.88 Å². The van der Waals surface area contributed by atoms with E-state index >= 15 is 0 Å². The van der Waals surface area contributed by atoms with Crippen LogP contribution >= 0.6 is 11.6 Å². The summed E-state index contributed by atoms with van der Waals surface area (Å²) in [5, 5.41) is 3.21. The van der Waals surface area contributed by atoms with Crippen LogP contribution in [0.5, 0.6) is 0 Å². The van der Waals surface area contributed by atoms with E-state index in [1.807, 2.05) is 30.3 Å². The Bertz CT molecular complexity index is 920. The van der Waals surface area contributed by atoms with Crippen molar-refractivity contribution in [2.24, 2.45) is 0 Å². The molecule has 0 spiro atoms. The van der Waals surface area contributed by atoms with Gasteiger partial charge in [-0.15, -0.1) is 0 Å². The minimum atomic E-state index is -0.315. The monoisotopic (exact) mass is 338 g/mol. The van der Waals surface area contributed by atoms with Crippen LogP contribution in [0.1, 0.15) is 15.9 Å². The molecule has 0 atom stereocenters. The highest BCUT2D eigenvalue weighted by molar-refractivity contribution is 6.33. The summed E-state index contributed by atoms with van der Waals surface area (Å²) in [5.74, 6) is -0.315. The van der Waals surface area contributed by atoms with E-state index in [0.29, 0.717) is 22.8 Å². The topological polar surface area (TPSA) is 51.1 Å².